The fourth-order valence-corrected chi connectivity index (χ4v) is 5.04. The first kappa shape index (κ1) is 19.2. The summed E-state index contributed by atoms with van der Waals surface area (Å²) in [5, 5.41) is 0. The summed E-state index contributed by atoms with van der Waals surface area (Å²) in [6.45, 7) is 6.08. The van der Waals surface area contributed by atoms with Crippen LogP contribution in [0, 0.1) is 13.8 Å². The van der Waals surface area contributed by atoms with Crippen LogP contribution in [0.3, 0.4) is 0 Å². The van der Waals surface area contributed by atoms with Crippen LogP contribution < -0.4 is 13.8 Å². The first-order chi connectivity index (χ1) is 12.8. The molecule has 1 aliphatic heterocycles. The Kier molecular flexibility index (Phi) is 5.15. The molecule has 0 bridgehead atoms. The van der Waals surface area contributed by atoms with Gasteiger partial charge in [0.05, 0.1) is 24.3 Å². The summed E-state index contributed by atoms with van der Waals surface area (Å²) < 4.78 is 38.8. The van der Waals surface area contributed by atoms with Crippen molar-refractivity contribution in [2.75, 3.05) is 24.6 Å². The summed E-state index contributed by atoms with van der Waals surface area (Å²) in [7, 11) is -2.31. The van der Waals surface area contributed by atoms with E-state index in [1.54, 1.807) is 37.3 Å². The number of sulfonamides is 1. The minimum atomic E-state index is -3.82. The maximum absolute atomic E-state index is 13.4. The number of rotatable bonds is 5. The maximum Gasteiger partial charge on any atom is 0.264 e. The first-order valence-electron chi connectivity index (χ1n) is 8.77. The van der Waals surface area contributed by atoms with Crippen LogP contribution in [-0.2, 0) is 10.0 Å². The molecule has 3 rings (SSSR count). The van der Waals surface area contributed by atoms with E-state index >= 15 is 0 Å². The van der Waals surface area contributed by atoms with E-state index in [1.165, 1.54) is 11.4 Å². The highest BCUT2D eigenvalue weighted by Crippen LogP contribution is 2.36. The van der Waals surface area contributed by atoms with E-state index < -0.39 is 10.0 Å². The number of benzene rings is 2. The van der Waals surface area contributed by atoms with Gasteiger partial charge in [0.2, 0.25) is 0 Å². The average Bonchev–Trinajstić information content (AvgIpc) is 2.64. The van der Waals surface area contributed by atoms with E-state index in [1.807, 2.05) is 13.8 Å². The molecule has 0 radical (unpaired) electrons. The standard InChI is InChI=1S/C20H23NO5S/c1-5-26-19-10-14(3)20(11-13(19)2)27(23,24)21-9-8-18(22)16-12-15(25-4)6-7-17(16)21/h6-7,10-12H,5,8-9H2,1-4H3. The van der Waals surface area contributed by atoms with Crippen LogP contribution >= 0.6 is 0 Å². The van der Waals surface area contributed by atoms with Gasteiger partial charge in [0, 0.05) is 18.5 Å². The second-order valence-electron chi connectivity index (χ2n) is 6.45. The van der Waals surface area contributed by atoms with Crippen LogP contribution in [0.1, 0.15) is 34.8 Å². The fourth-order valence-electron chi connectivity index (χ4n) is 3.26. The molecule has 0 unspecified atom stereocenters. The zero-order valence-electron chi connectivity index (χ0n) is 15.9. The third kappa shape index (κ3) is 3.39. The maximum atomic E-state index is 13.4. The van der Waals surface area contributed by atoms with Crippen LogP contribution in [0.5, 0.6) is 11.5 Å². The third-order valence-corrected chi connectivity index (χ3v) is 6.61. The monoisotopic (exact) mass is 389 g/mol. The predicted molar refractivity (Wildman–Crippen MR) is 104 cm³/mol. The van der Waals surface area contributed by atoms with Gasteiger partial charge in [0.25, 0.3) is 10.0 Å². The average molecular weight is 389 g/mol. The minimum absolute atomic E-state index is 0.0880. The summed E-state index contributed by atoms with van der Waals surface area (Å²) in [6.07, 6.45) is 0.133. The lowest BCUT2D eigenvalue weighted by molar-refractivity contribution is 0.0981. The molecule has 0 aromatic heterocycles. The number of ether oxygens (including phenoxy) is 2. The molecule has 0 atom stereocenters. The van der Waals surface area contributed by atoms with Crippen LogP contribution in [-0.4, -0.2) is 34.5 Å². The lowest BCUT2D eigenvalue weighted by Crippen LogP contribution is -2.37. The SMILES string of the molecule is CCOc1cc(C)c(S(=O)(=O)N2CCC(=O)c3cc(OC)ccc32)cc1C. The van der Waals surface area contributed by atoms with Crippen molar-refractivity contribution in [1.29, 1.82) is 0 Å². The van der Waals surface area contributed by atoms with Crippen molar-refractivity contribution in [3.8, 4) is 11.5 Å². The normalized spacial score (nSPS) is 14.1. The number of Topliss-reactive ketones (excluding diaryl/α,β-unsaturated/α-hetero) is 1. The number of carbonyl (C=O) groups is 1. The Morgan fingerprint density at radius 1 is 1.11 bits per heavy atom. The van der Waals surface area contributed by atoms with E-state index in [-0.39, 0.29) is 23.6 Å². The molecule has 1 heterocycles. The van der Waals surface area contributed by atoms with Crippen molar-refractivity contribution in [3.63, 3.8) is 0 Å². The number of anilines is 1. The number of ketones is 1. The van der Waals surface area contributed by atoms with Crippen molar-refractivity contribution in [3.05, 3.63) is 47.0 Å². The Hall–Kier alpha value is -2.54. The van der Waals surface area contributed by atoms with Crippen LogP contribution in [0.15, 0.2) is 35.2 Å². The van der Waals surface area contributed by atoms with Crippen molar-refractivity contribution in [1.82, 2.24) is 0 Å². The molecule has 144 valence electrons. The van der Waals surface area contributed by atoms with Crippen molar-refractivity contribution >= 4 is 21.5 Å². The number of nitrogens with zero attached hydrogens (tertiary/aromatic N) is 1. The van der Waals surface area contributed by atoms with Crippen LogP contribution in [0.2, 0.25) is 0 Å². The van der Waals surface area contributed by atoms with Gasteiger partial charge >= 0.3 is 0 Å². The summed E-state index contributed by atoms with van der Waals surface area (Å²) in [5.74, 6) is 1.11. The lowest BCUT2D eigenvalue weighted by Gasteiger charge is -2.30. The second kappa shape index (κ2) is 7.23. The highest BCUT2D eigenvalue weighted by molar-refractivity contribution is 7.93. The van der Waals surface area contributed by atoms with Gasteiger partial charge in [-0.15, -0.1) is 0 Å². The number of hydrogen-bond acceptors (Lipinski definition) is 5. The van der Waals surface area contributed by atoms with Gasteiger partial charge in [-0.05, 0) is 62.2 Å². The second-order valence-corrected chi connectivity index (χ2v) is 8.28. The number of methoxy groups -OCH3 is 1. The molecular weight excluding hydrogens is 366 g/mol. The minimum Gasteiger partial charge on any atom is -0.497 e. The van der Waals surface area contributed by atoms with Gasteiger partial charge in [0.15, 0.2) is 5.78 Å². The molecule has 27 heavy (non-hydrogen) atoms. The Balaban J connectivity index is 2.11. The van der Waals surface area contributed by atoms with E-state index in [9.17, 15) is 13.2 Å². The molecule has 2 aromatic rings. The van der Waals surface area contributed by atoms with E-state index in [0.717, 1.165) is 5.56 Å². The topological polar surface area (TPSA) is 72.9 Å². The van der Waals surface area contributed by atoms with Gasteiger partial charge in [-0.1, -0.05) is 0 Å². The molecule has 6 nitrogen and oxygen atoms in total. The zero-order valence-corrected chi connectivity index (χ0v) is 16.7. The summed E-state index contributed by atoms with van der Waals surface area (Å²) in [5.41, 5.74) is 2.11. The lowest BCUT2D eigenvalue weighted by atomic mass is 10.0. The summed E-state index contributed by atoms with van der Waals surface area (Å²) >= 11 is 0. The van der Waals surface area contributed by atoms with Crippen molar-refractivity contribution < 1.29 is 22.7 Å². The molecule has 0 spiro atoms. The van der Waals surface area contributed by atoms with Gasteiger partial charge in [-0.2, -0.15) is 0 Å². The Morgan fingerprint density at radius 3 is 2.52 bits per heavy atom. The number of hydrogen-bond donors (Lipinski definition) is 0. The summed E-state index contributed by atoms with van der Waals surface area (Å²) in [6, 6.07) is 8.26. The van der Waals surface area contributed by atoms with E-state index in [2.05, 4.69) is 0 Å². The van der Waals surface area contributed by atoms with Crippen LogP contribution in [0.25, 0.3) is 0 Å². The molecule has 7 heteroatoms. The number of aryl methyl sites for hydroxylation is 2. The van der Waals surface area contributed by atoms with Gasteiger partial charge in [-0.25, -0.2) is 8.42 Å². The van der Waals surface area contributed by atoms with Crippen LogP contribution in [0.4, 0.5) is 5.69 Å². The Labute approximate surface area is 159 Å². The van der Waals surface area contributed by atoms with Gasteiger partial charge < -0.3 is 9.47 Å². The molecule has 0 fully saturated rings. The van der Waals surface area contributed by atoms with Crippen molar-refractivity contribution in [2.45, 2.75) is 32.1 Å². The Morgan fingerprint density at radius 2 is 1.85 bits per heavy atom. The molecular formula is C20H23NO5S. The molecule has 0 aliphatic carbocycles. The highest BCUT2D eigenvalue weighted by atomic mass is 32.2. The van der Waals surface area contributed by atoms with Gasteiger partial charge in [0.1, 0.15) is 11.5 Å². The highest BCUT2D eigenvalue weighted by Gasteiger charge is 2.33. The largest absolute Gasteiger partial charge is 0.497 e. The molecule has 2 aromatic carbocycles. The fraction of sp³-hybridized carbons (Fsp3) is 0.350. The van der Waals surface area contributed by atoms with E-state index in [0.29, 0.717) is 34.9 Å². The summed E-state index contributed by atoms with van der Waals surface area (Å²) in [4.78, 5) is 12.5. The quantitative estimate of drug-likeness (QED) is 0.783. The molecule has 0 saturated carbocycles. The van der Waals surface area contributed by atoms with Crippen molar-refractivity contribution in [2.24, 2.45) is 0 Å². The predicted octanol–water partition coefficient (Wildman–Crippen LogP) is 3.49. The molecule has 0 saturated heterocycles. The Bertz CT molecular complexity index is 998. The number of fused-ring (bicyclic) bond motifs is 1. The first-order valence-corrected chi connectivity index (χ1v) is 10.2. The van der Waals surface area contributed by atoms with E-state index in [4.69, 9.17) is 9.47 Å². The third-order valence-electron chi connectivity index (χ3n) is 4.66. The smallest absolute Gasteiger partial charge is 0.264 e. The molecule has 0 N–H and O–H groups in total. The molecule has 0 amide bonds. The molecule has 1 aliphatic rings. The number of carbonyl (C=O) groups excluding carboxylic acids is 1. The zero-order chi connectivity index (χ0) is 19.8. The van der Waals surface area contributed by atoms with Gasteiger partial charge in [-0.3, -0.25) is 9.10 Å².